The van der Waals surface area contributed by atoms with Gasteiger partial charge < -0.3 is 0 Å². The van der Waals surface area contributed by atoms with Gasteiger partial charge in [0.1, 0.15) is 0 Å². The van der Waals surface area contributed by atoms with E-state index < -0.39 is 0 Å². The summed E-state index contributed by atoms with van der Waals surface area (Å²) < 4.78 is 0. The van der Waals surface area contributed by atoms with E-state index in [9.17, 15) is 0 Å². The second kappa shape index (κ2) is 1.85. The van der Waals surface area contributed by atoms with E-state index in [0.717, 1.165) is 11.8 Å². The Kier molecular flexibility index (Phi) is 1.36. The van der Waals surface area contributed by atoms with Crippen LogP contribution in [0.15, 0.2) is 0 Å². The van der Waals surface area contributed by atoms with Crippen LogP contribution in [-0.2, 0) is 0 Å². The van der Waals surface area contributed by atoms with E-state index in [1.165, 1.54) is 12.8 Å². The highest BCUT2D eigenvalue weighted by molar-refractivity contribution is 4.83. The molecular formula is C7H13. The Morgan fingerprint density at radius 1 is 1.43 bits per heavy atom. The van der Waals surface area contributed by atoms with Crippen LogP contribution >= 0.6 is 0 Å². The Hall–Kier alpha value is 0. The molecule has 1 rings (SSSR count). The molecule has 0 nitrogen and oxygen atoms in total. The quantitative estimate of drug-likeness (QED) is 0.470. The molecule has 1 aliphatic rings. The molecule has 0 saturated heterocycles. The predicted molar refractivity (Wildman–Crippen MR) is 31.9 cm³/mol. The van der Waals surface area contributed by atoms with Crippen molar-refractivity contribution in [3.05, 3.63) is 6.42 Å². The summed E-state index contributed by atoms with van der Waals surface area (Å²) >= 11 is 0. The van der Waals surface area contributed by atoms with E-state index in [-0.39, 0.29) is 0 Å². The molecule has 0 heteroatoms. The van der Waals surface area contributed by atoms with Crippen LogP contribution in [0.3, 0.4) is 0 Å². The number of hydrogen-bond donors (Lipinski definition) is 0. The van der Waals surface area contributed by atoms with Gasteiger partial charge in [0.2, 0.25) is 0 Å². The van der Waals surface area contributed by atoms with Crippen molar-refractivity contribution >= 4 is 0 Å². The number of hydrogen-bond acceptors (Lipinski definition) is 0. The Morgan fingerprint density at radius 2 is 2.00 bits per heavy atom. The fourth-order valence-electron chi connectivity index (χ4n) is 1.24. The lowest BCUT2D eigenvalue weighted by Crippen LogP contribution is -2.19. The van der Waals surface area contributed by atoms with E-state index >= 15 is 0 Å². The number of rotatable bonds is 1. The summed E-state index contributed by atoms with van der Waals surface area (Å²) in [5.41, 5.74) is 0. The van der Waals surface area contributed by atoms with Gasteiger partial charge in [-0.1, -0.05) is 13.8 Å². The molecule has 1 radical (unpaired) electrons. The van der Waals surface area contributed by atoms with Crippen LogP contribution in [0.2, 0.25) is 0 Å². The minimum Gasteiger partial charge on any atom is -0.0625 e. The van der Waals surface area contributed by atoms with Crippen LogP contribution in [0, 0.1) is 18.3 Å². The van der Waals surface area contributed by atoms with Crippen LogP contribution in [0.5, 0.6) is 0 Å². The van der Waals surface area contributed by atoms with E-state index in [1.807, 2.05) is 0 Å². The van der Waals surface area contributed by atoms with Gasteiger partial charge in [0.05, 0.1) is 0 Å². The predicted octanol–water partition coefficient (Wildman–Crippen LogP) is 2.26. The highest BCUT2D eigenvalue weighted by Crippen LogP contribution is 2.34. The first-order valence-electron chi connectivity index (χ1n) is 3.12. The molecule has 0 bridgehead atoms. The van der Waals surface area contributed by atoms with Crippen molar-refractivity contribution in [1.29, 1.82) is 0 Å². The van der Waals surface area contributed by atoms with E-state index in [0.29, 0.717) is 0 Å². The Labute approximate surface area is 45.9 Å². The molecule has 0 spiro atoms. The Balaban J connectivity index is 2.06. The maximum Gasteiger partial charge on any atom is -0.0381 e. The van der Waals surface area contributed by atoms with Crippen LogP contribution in [0.4, 0.5) is 0 Å². The second-order valence-corrected chi connectivity index (χ2v) is 2.67. The van der Waals surface area contributed by atoms with Crippen molar-refractivity contribution in [2.24, 2.45) is 11.8 Å². The van der Waals surface area contributed by atoms with Crippen molar-refractivity contribution in [3.8, 4) is 0 Å². The van der Waals surface area contributed by atoms with E-state index in [1.54, 1.807) is 0 Å². The average Bonchev–Trinajstić information content (AvgIpc) is 1.58. The molecule has 0 heterocycles. The molecular weight excluding hydrogens is 84.1 g/mol. The first kappa shape index (κ1) is 5.14. The van der Waals surface area contributed by atoms with Gasteiger partial charge in [-0.15, -0.1) is 0 Å². The molecule has 1 fully saturated rings. The second-order valence-electron chi connectivity index (χ2n) is 2.67. The maximum atomic E-state index is 2.32. The summed E-state index contributed by atoms with van der Waals surface area (Å²) in [5, 5.41) is 0. The largest absolute Gasteiger partial charge is 0.0625 e. The molecule has 0 aromatic heterocycles. The lowest BCUT2D eigenvalue weighted by Gasteiger charge is -2.31. The third-order valence-corrected chi connectivity index (χ3v) is 1.88. The SMILES string of the molecule is C[CH]C1CC(C)C1. The summed E-state index contributed by atoms with van der Waals surface area (Å²) in [6, 6.07) is 0. The van der Waals surface area contributed by atoms with Gasteiger partial charge in [0.15, 0.2) is 0 Å². The zero-order valence-corrected chi connectivity index (χ0v) is 5.15. The molecule has 7 heavy (non-hydrogen) atoms. The van der Waals surface area contributed by atoms with Crippen LogP contribution < -0.4 is 0 Å². The van der Waals surface area contributed by atoms with Crippen molar-refractivity contribution < 1.29 is 0 Å². The molecule has 0 unspecified atom stereocenters. The molecule has 1 saturated carbocycles. The first-order chi connectivity index (χ1) is 3.33. The lowest BCUT2D eigenvalue weighted by molar-refractivity contribution is 0.246. The molecule has 41 valence electrons. The van der Waals surface area contributed by atoms with Crippen LogP contribution in [0.25, 0.3) is 0 Å². The zero-order chi connectivity index (χ0) is 5.28. The van der Waals surface area contributed by atoms with Crippen molar-refractivity contribution in [2.75, 3.05) is 0 Å². The van der Waals surface area contributed by atoms with Crippen LogP contribution in [-0.4, -0.2) is 0 Å². The monoisotopic (exact) mass is 97.1 g/mol. The van der Waals surface area contributed by atoms with Gasteiger partial charge in [0.25, 0.3) is 0 Å². The molecule has 0 N–H and O–H groups in total. The van der Waals surface area contributed by atoms with Gasteiger partial charge in [-0.05, 0) is 31.1 Å². The molecule has 1 aliphatic carbocycles. The highest BCUT2D eigenvalue weighted by atomic mass is 14.3. The average molecular weight is 97.2 g/mol. The standard InChI is InChI=1S/C7H13/c1-3-7-4-6(2)5-7/h3,6-7H,4-5H2,1-2H3. The van der Waals surface area contributed by atoms with E-state index in [2.05, 4.69) is 20.3 Å². The Bertz CT molecular complexity index is 51.1. The normalized spacial score (nSPS) is 40.3. The van der Waals surface area contributed by atoms with Gasteiger partial charge >= 0.3 is 0 Å². The smallest absolute Gasteiger partial charge is 0.0381 e. The summed E-state index contributed by atoms with van der Waals surface area (Å²) in [6.07, 6.45) is 5.20. The summed E-state index contributed by atoms with van der Waals surface area (Å²) in [7, 11) is 0. The first-order valence-corrected chi connectivity index (χ1v) is 3.12. The fraction of sp³-hybridized carbons (Fsp3) is 0.857. The lowest BCUT2D eigenvalue weighted by atomic mass is 9.75. The van der Waals surface area contributed by atoms with E-state index in [4.69, 9.17) is 0 Å². The highest BCUT2D eigenvalue weighted by Gasteiger charge is 2.22. The van der Waals surface area contributed by atoms with Crippen molar-refractivity contribution in [2.45, 2.75) is 26.7 Å². The minimum absolute atomic E-state index is 0.968. The van der Waals surface area contributed by atoms with Gasteiger partial charge in [-0.25, -0.2) is 0 Å². The Morgan fingerprint density at radius 3 is 2.14 bits per heavy atom. The summed E-state index contributed by atoms with van der Waals surface area (Å²) in [4.78, 5) is 0. The summed E-state index contributed by atoms with van der Waals surface area (Å²) in [6.45, 7) is 4.48. The topological polar surface area (TPSA) is 0 Å². The molecule has 0 atom stereocenters. The molecule has 0 amide bonds. The van der Waals surface area contributed by atoms with Gasteiger partial charge in [0, 0.05) is 0 Å². The fourth-order valence-corrected chi connectivity index (χ4v) is 1.24. The van der Waals surface area contributed by atoms with Crippen molar-refractivity contribution in [1.82, 2.24) is 0 Å². The molecule has 0 aromatic rings. The van der Waals surface area contributed by atoms with Crippen molar-refractivity contribution in [3.63, 3.8) is 0 Å². The molecule has 0 aliphatic heterocycles. The minimum atomic E-state index is 0.968. The summed E-state index contributed by atoms with van der Waals surface area (Å²) in [5.74, 6) is 1.98. The van der Waals surface area contributed by atoms with Gasteiger partial charge in [-0.3, -0.25) is 0 Å². The third-order valence-electron chi connectivity index (χ3n) is 1.88. The third kappa shape index (κ3) is 0.960. The molecule has 0 aromatic carbocycles. The maximum absolute atomic E-state index is 2.32. The van der Waals surface area contributed by atoms with Gasteiger partial charge in [-0.2, -0.15) is 0 Å². The zero-order valence-electron chi connectivity index (χ0n) is 5.15. The van der Waals surface area contributed by atoms with Crippen LogP contribution in [0.1, 0.15) is 26.7 Å².